The van der Waals surface area contributed by atoms with Gasteiger partial charge in [0, 0.05) is 13.1 Å². The van der Waals surface area contributed by atoms with Crippen molar-refractivity contribution in [2.75, 3.05) is 18.0 Å². The lowest BCUT2D eigenvalue weighted by atomic mass is 10.4. The van der Waals surface area contributed by atoms with E-state index < -0.39 is 0 Å². The maximum Gasteiger partial charge on any atom is 0.178 e. The first-order chi connectivity index (χ1) is 6.81. The molecule has 4 nitrogen and oxygen atoms in total. The molecule has 0 unspecified atom stereocenters. The smallest absolute Gasteiger partial charge is 0.178 e. The Morgan fingerprint density at radius 2 is 2.14 bits per heavy atom. The van der Waals surface area contributed by atoms with Crippen LogP contribution in [0.2, 0.25) is 5.15 Å². The first-order valence-electron chi connectivity index (χ1n) is 4.49. The van der Waals surface area contributed by atoms with Crippen molar-refractivity contribution in [2.24, 2.45) is 0 Å². The van der Waals surface area contributed by atoms with Crippen LogP contribution in [0, 0.1) is 11.3 Å². The second kappa shape index (κ2) is 3.81. The van der Waals surface area contributed by atoms with Crippen LogP contribution in [0.25, 0.3) is 0 Å². The van der Waals surface area contributed by atoms with E-state index in [4.69, 9.17) is 16.9 Å². The highest BCUT2D eigenvalue weighted by molar-refractivity contribution is 6.30. The Morgan fingerprint density at radius 3 is 2.71 bits per heavy atom. The molecular weight excluding hydrogens is 200 g/mol. The summed E-state index contributed by atoms with van der Waals surface area (Å²) in [5.41, 5.74) is 0.189. The molecule has 1 aliphatic heterocycles. The fourth-order valence-corrected chi connectivity index (χ4v) is 1.71. The molecule has 0 spiro atoms. The van der Waals surface area contributed by atoms with Gasteiger partial charge in [-0.3, -0.25) is 0 Å². The van der Waals surface area contributed by atoms with Crippen LogP contribution in [0.5, 0.6) is 0 Å². The SMILES string of the molecule is N#Cc1ncc(N2CCCC2)nc1Cl. The van der Waals surface area contributed by atoms with Crippen LogP contribution in [0.4, 0.5) is 5.82 Å². The van der Waals surface area contributed by atoms with Crippen LogP contribution in [0.3, 0.4) is 0 Å². The Bertz CT molecular complexity index is 379. The first kappa shape index (κ1) is 9.22. The molecule has 0 amide bonds. The average molecular weight is 209 g/mol. The van der Waals surface area contributed by atoms with Gasteiger partial charge in [0.25, 0.3) is 0 Å². The van der Waals surface area contributed by atoms with Crippen LogP contribution in [0.15, 0.2) is 6.20 Å². The molecule has 1 saturated heterocycles. The maximum absolute atomic E-state index is 8.62. The van der Waals surface area contributed by atoms with Gasteiger partial charge in [0.15, 0.2) is 10.8 Å². The largest absolute Gasteiger partial charge is 0.355 e. The summed E-state index contributed by atoms with van der Waals surface area (Å²) in [6.45, 7) is 1.99. The van der Waals surface area contributed by atoms with Crippen LogP contribution < -0.4 is 4.90 Å². The molecule has 0 N–H and O–H groups in total. The molecular formula is C9H9ClN4. The van der Waals surface area contributed by atoms with Crippen molar-refractivity contribution in [3.05, 3.63) is 17.0 Å². The zero-order valence-corrected chi connectivity index (χ0v) is 8.33. The van der Waals surface area contributed by atoms with Crippen molar-refractivity contribution >= 4 is 17.4 Å². The molecule has 2 rings (SSSR count). The van der Waals surface area contributed by atoms with Crippen LogP contribution in [-0.4, -0.2) is 23.1 Å². The molecule has 0 aromatic carbocycles. The standard InChI is InChI=1S/C9H9ClN4/c10-9-7(5-11)12-6-8(13-9)14-3-1-2-4-14/h6H,1-4H2. The molecule has 0 radical (unpaired) electrons. The van der Waals surface area contributed by atoms with E-state index in [2.05, 4.69) is 14.9 Å². The summed E-state index contributed by atoms with van der Waals surface area (Å²) in [6, 6.07) is 1.89. The summed E-state index contributed by atoms with van der Waals surface area (Å²) in [4.78, 5) is 10.2. The highest BCUT2D eigenvalue weighted by Gasteiger charge is 2.15. The predicted octanol–water partition coefficient (Wildman–Crippen LogP) is 1.60. The molecule has 0 atom stereocenters. The number of anilines is 1. The second-order valence-corrected chi connectivity index (χ2v) is 3.53. The highest BCUT2D eigenvalue weighted by Crippen LogP contribution is 2.19. The number of aromatic nitrogens is 2. The summed E-state index contributed by atoms with van der Waals surface area (Å²) in [5, 5.41) is 8.82. The van der Waals surface area contributed by atoms with Crippen molar-refractivity contribution in [3.8, 4) is 6.07 Å². The molecule has 14 heavy (non-hydrogen) atoms. The Labute approximate surface area is 87.1 Å². The molecule has 72 valence electrons. The summed E-state index contributed by atoms with van der Waals surface area (Å²) in [7, 11) is 0. The van der Waals surface area contributed by atoms with Gasteiger partial charge in [-0.05, 0) is 12.8 Å². The van der Waals surface area contributed by atoms with Gasteiger partial charge in [0.1, 0.15) is 11.9 Å². The van der Waals surface area contributed by atoms with Gasteiger partial charge < -0.3 is 4.90 Å². The van der Waals surface area contributed by atoms with Gasteiger partial charge in [0.2, 0.25) is 0 Å². The topological polar surface area (TPSA) is 52.8 Å². The first-order valence-corrected chi connectivity index (χ1v) is 4.86. The quantitative estimate of drug-likeness (QED) is 0.704. The van der Waals surface area contributed by atoms with Crippen LogP contribution in [-0.2, 0) is 0 Å². The molecule has 1 aromatic heterocycles. The molecule has 0 saturated carbocycles. The van der Waals surface area contributed by atoms with Crippen molar-refractivity contribution in [3.63, 3.8) is 0 Å². The monoisotopic (exact) mass is 208 g/mol. The number of nitrogens with zero attached hydrogens (tertiary/aromatic N) is 4. The van der Waals surface area contributed by atoms with Gasteiger partial charge in [0.05, 0.1) is 6.20 Å². The predicted molar refractivity (Wildman–Crippen MR) is 53.2 cm³/mol. The molecule has 1 aromatic rings. The van der Waals surface area contributed by atoms with Gasteiger partial charge >= 0.3 is 0 Å². The lowest BCUT2D eigenvalue weighted by molar-refractivity contribution is 0.924. The summed E-state index contributed by atoms with van der Waals surface area (Å²) >= 11 is 5.79. The normalized spacial score (nSPS) is 15.6. The summed E-state index contributed by atoms with van der Waals surface area (Å²) in [5.74, 6) is 0.770. The second-order valence-electron chi connectivity index (χ2n) is 3.17. The summed E-state index contributed by atoms with van der Waals surface area (Å²) < 4.78 is 0. The molecule has 0 bridgehead atoms. The third-order valence-electron chi connectivity index (χ3n) is 2.25. The lowest BCUT2D eigenvalue weighted by Crippen LogP contribution is -2.19. The average Bonchev–Trinajstić information content (AvgIpc) is 2.70. The number of rotatable bonds is 1. The zero-order valence-electron chi connectivity index (χ0n) is 7.57. The maximum atomic E-state index is 8.62. The summed E-state index contributed by atoms with van der Waals surface area (Å²) in [6.07, 6.45) is 3.97. The number of hydrogen-bond donors (Lipinski definition) is 0. The minimum absolute atomic E-state index is 0.189. The van der Waals surface area contributed by atoms with Gasteiger partial charge in [-0.15, -0.1) is 0 Å². The van der Waals surface area contributed by atoms with E-state index in [1.165, 1.54) is 12.8 Å². The third-order valence-corrected chi connectivity index (χ3v) is 2.52. The molecule has 0 aliphatic carbocycles. The van der Waals surface area contributed by atoms with Gasteiger partial charge in [-0.2, -0.15) is 5.26 Å². The van der Waals surface area contributed by atoms with E-state index >= 15 is 0 Å². The van der Waals surface area contributed by atoms with Gasteiger partial charge in [-0.25, -0.2) is 9.97 Å². The van der Waals surface area contributed by atoms with E-state index in [0.717, 1.165) is 18.9 Å². The molecule has 2 heterocycles. The van der Waals surface area contributed by atoms with E-state index in [0.29, 0.717) is 0 Å². The van der Waals surface area contributed by atoms with Crippen molar-refractivity contribution < 1.29 is 0 Å². The zero-order chi connectivity index (χ0) is 9.97. The minimum atomic E-state index is 0.189. The Hall–Kier alpha value is -1.34. The van der Waals surface area contributed by atoms with E-state index in [1.54, 1.807) is 6.20 Å². The van der Waals surface area contributed by atoms with E-state index in [1.807, 2.05) is 6.07 Å². The Kier molecular flexibility index (Phi) is 2.51. The van der Waals surface area contributed by atoms with E-state index in [-0.39, 0.29) is 10.8 Å². The molecule has 5 heteroatoms. The number of halogens is 1. The number of nitriles is 1. The van der Waals surface area contributed by atoms with Gasteiger partial charge in [-0.1, -0.05) is 11.6 Å². The Balaban J connectivity index is 2.28. The van der Waals surface area contributed by atoms with E-state index in [9.17, 15) is 0 Å². The highest BCUT2D eigenvalue weighted by atomic mass is 35.5. The van der Waals surface area contributed by atoms with Crippen molar-refractivity contribution in [1.82, 2.24) is 9.97 Å². The lowest BCUT2D eigenvalue weighted by Gasteiger charge is -2.15. The Morgan fingerprint density at radius 1 is 1.43 bits per heavy atom. The van der Waals surface area contributed by atoms with Crippen LogP contribution >= 0.6 is 11.6 Å². The molecule has 1 aliphatic rings. The number of hydrogen-bond acceptors (Lipinski definition) is 4. The fraction of sp³-hybridized carbons (Fsp3) is 0.444. The van der Waals surface area contributed by atoms with Crippen LogP contribution in [0.1, 0.15) is 18.5 Å². The fourth-order valence-electron chi connectivity index (χ4n) is 1.53. The third kappa shape index (κ3) is 1.64. The molecule has 1 fully saturated rings. The van der Waals surface area contributed by atoms with Crippen molar-refractivity contribution in [2.45, 2.75) is 12.8 Å². The minimum Gasteiger partial charge on any atom is -0.355 e. The van der Waals surface area contributed by atoms with Crippen molar-refractivity contribution in [1.29, 1.82) is 5.26 Å².